The highest BCUT2D eigenvalue weighted by Crippen LogP contribution is 2.38. The number of anilines is 4. The van der Waals surface area contributed by atoms with Crippen molar-refractivity contribution in [2.75, 3.05) is 97.2 Å². The number of rotatable bonds is 10. The first-order chi connectivity index (χ1) is 40.2. The molecule has 6 aromatic rings. The minimum absolute atomic E-state index is 0. The fraction of sp³-hybridized carbons (Fsp3) is 0.500. The van der Waals surface area contributed by atoms with Crippen molar-refractivity contribution < 1.29 is 26.4 Å². The van der Waals surface area contributed by atoms with Gasteiger partial charge in [0.15, 0.2) is 11.3 Å². The van der Waals surface area contributed by atoms with Crippen molar-refractivity contribution in [1.82, 2.24) is 49.6 Å². The summed E-state index contributed by atoms with van der Waals surface area (Å²) in [5, 5.41) is 35.1. The van der Waals surface area contributed by atoms with Gasteiger partial charge in [-0.1, -0.05) is 46.4 Å². The first-order valence-electron chi connectivity index (χ1n) is 28.3. The molecule has 10 heterocycles. The number of nitrogens with one attached hydrogen (secondary N) is 4. The molecule has 0 aliphatic carbocycles. The Labute approximate surface area is 522 Å². The average Bonchev–Trinajstić information content (AvgIpc) is 2.08. The van der Waals surface area contributed by atoms with Gasteiger partial charge in [0.25, 0.3) is 11.8 Å². The van der Waals surface area contributed by atoms with Crippen molar-refractivity contribution in [3.05, 3.63) is 104 Å². The van der Waals surface area contributed by atoms with E-state index in [-0.39, 0.29) is 75.8 Å². The number of benzene rings is 2. The molecule has 0 bridgehead atoms. The minimum Gasteiger partial charge on any atom is -0.356 e. The molecule has 2 amide bonds. The van der Waals surface area contributed by atoms with Crippen LogP contribution in [0.5, 0.6) is 0 Å². The zero-order valence-corrected chi connectivity index (χ0v) is 52.7. The zero-order valence-electron chi connectivity index (χ0n) is 47.2. The van der Waals surface area contributed by atoms with Crippen LogP contribution in [0.2, 0.25) is 20.4 Å². The van der Waals surface area contributed by atoms with Crippen molar-refractivity contribution in [3.8, 4) is 12.1 Å². The molecule has 6 saturated heterocycles. The summed E-state index contributed by atoms with van der Waals surface area (Å²) >= 11 is 24.6. The van der Waals surface area contributed by atoms with Gasteiger partial charge in [-0.25, -0.2) is 31.3 Å². The van der Waals surface area contributed by atoms with Crippen LogP contribution in [0.4, 0.5) is 23.0 Å². The molecule has 29 heteroatoms. The van der Waals surface area contributed by atoms with Crippen molar-refractivity contribution >= 4 is 125 Å². The van der Waals surface area contributed by atoms with E-state index in [9.17, 15) is 31.7 Å². The highest BCUT2D eigenvalue weighted by Gasteiger charge is 2.35. The first-order valence-corrected chi connectivity index (χ1v) is 33.5. The third-order valence-corrected chi connectivity index (χ3v) is 17.4. The maximum absolute atomic E-state index is 14.0. The third kappa shape index (κ3) is 16.8. The van der Waals surface area contributed by atoms with Crippen LogP contribution < -0.4 is 29.9 Å². The Morgan fingerprint density at radius 3 is 1.56 bits per heavy atom. The normalized spacial score (nSPS) is 20.5. The molecule has 4 N–H and O–H groups in total. The second-order valence-corrected chi connectivity index (χ2v) is 26.9. The molecule has 12 rings (SSSR count). The number of carbonyl (C=O) groups excluding carboxylic acids is 2. The van der Waals surface area contributed by atoms with Crippen molar-refractivity contribution in [2.45, 2.75) is 89.1 Å². The topological polar surface area (TPSA) is 271 Å². The van der Waals surface area contributed by atoms with Crippen LogP contribution in [0.3, 0.4) is 0 Å². The molecule has 6 aliphatic rings. The fourth-order valence-electron chi connectivity index (χ4n) is 10.8. The number of piperidine rings is 4. The number of carbonyl (C=O) groups is 2. The predicted octanol–water partition coefficient (Wildman–Crippen LogP) is 9.41. The van der Waals surface area contributed by atoms with Gasteiger partial charge in [0.05, 0.1) is 82.5 Å². The Morgan fingerprint density at radius 1 is 0.588 bits per heavy atom. The summed E-state index contributed by atoms with van der Waals surface area (Å²) in [6.07, 6.45) is 13.6. The molecular formula is C56H69Cl5N16O6S2. The number of nitrogens with zero attached hydrogens (tertiary/aromatic N) is 12. The van der Waals surface area contributed by atoms with E-state index in [4.69, 9.17) is 61.7 Å². The van der Waals surface area contributed by atoms with Crippen LogP contribution in [-0.2, 0) is 20.0 Å². The van der Waals surface area contributed by atoms with Crippen molar-refractivity contribution in [1.29, 1.82) is 10.5 Å². The summed E-state index contributed by atoms with van der Waals surface area (Å²) < 4.78 is 55.7. The Hall–Kier alpha value is -5.93. The monoisotopic (exact) mass is 1300 g/mol. The Balaban J connectivity index is 0.000000187. The maximum Gasteiger partial charge on any atom is 0.256 e. The number of amides is 2. The molecule has 6 fully saturated rings. The van der Waals surface area contributed by atoms with E-state index >= 15 is 0 Å². The first kappa shape index (κ1) is 65.1. The summed E-state index contributed by atoms with van der Waals surface area (Å²) in [4.78, 5) is 44.6. The molecule has 22 nitrogen and oxygen atoms in total. The Morgan fingerprint density at radius 2 is 1.09 bits per heavy atom. The SMILES string of the molecule is C1CNC1.CS(=O)(=O)Nc1ccc(Cl)cc1C(=O)N1CCCC[C@H]1c1cc2nc(Cl)cc(Cl)n2n1.CS(=O)(=O)Nc1ccc(Cl)cc1C(=O)N1CCCC[C@H]1c1cc2nc(N3CCC3)cc(N3CCCC(C#N)C3)n2n1.Cl.N#CC1CCCNC1. The van der Waals surface area contributed by atoms with Crippen molar-refractivity contribution in [3.63, 3.8) is 0 Å². The summed E-state index contributed by atoms with van der Waals surface area (Å²) in [5.74, 6) is 1.41. The van der Waals surface area contributed by atoms with Gasteiger partial charge in [-0.05, 0) is 133 Å². The molecule has 0 spiro atoms. The zero-order chi connectivity index (χ0) is 59.7. The van der Waals surface area contributed by atoms with Crippen LogP contribution in [0, 0.1) is 34.5 Å². The molecule has 85 heavy (non-hydrogen) atoms. The summed E-state index contributed by atoms with van der Waals surface area (Å²) in [6.45, 7) is 8.89. The fourth-order valence-corrected chi connectivity index (χ4v) is 12.8. The standard InChI is InChI=1S/C28H33ClN8O3S.C19H18Cl3N5O3S.C6H10N2.C3H7N.ClH/c1-41(39,40)33-22-9-8-20(29)14-21(22)28(38)36-13-3-2-7-24(36)23-15-26-31-25(34-11-5-12-34)16-27(37(26)32-23)35-10-4-6-19(17-30)18-35;1-31(29,30)25-13-6-5-11(20)8-12(13)19(28)26-7-3-2-4-15(26)14-9-18-23-16(21)10-17(22)27(18)24-14;7-4-6-2-1-3-8-5-6;1-2-4-3-1;/h8-9,14-16,19,24,33H,2-7,10-13,18H2,1H3;5-6,8-10,15,25H,2-4,7H2,1H3;6,8H,1-3,5H2;4H,1-3H2;1H/t19?,24-;15-;;;/m00.../s1. The lowest BCUT2D eigenvalue weighted by Gasteiger charge is -2.35. The van der Waals surface area contributed by atoms with E-state index in [1.807, 2.05) is 10.6 Å². The maximum atomic E-state index is 14.0. The third-order valence-electron chi connectivity index (χ3n) is 15.3. The highest BCUT2D eigenvalue weighted by atomic mass is 35.5. The van der Waals surface area contributed by atoms with Crippen LogP contribution in [0.25, 0.3) is 11.3 Å². The number of nitriles is 2. The van der Waals surface area contributed by atoms with Gasteiger partial charge >= 0.3 is 0 Å². The minimum atomic E-state index is -3.61. The lowest BCUT2D eigenvalue weighted by molar-refractivity contribution is 0.0600. The summed E-state index contributed by atoms with van der Waals surface area (Å²) in [5.41, 5.74) is 3.30. The number of fused-ring (bicyclic) bond motifs is 2. The molecule has 0 saturated carbocycles. The van der Waals surface area contributed by atoms with Crippen molar-refractivity contribution in [2.24, 2.45) is 11.8 Å². The van der Waals surface area contributed by atoms with E-state index < -0.39 is 20.0 Å². The highest BCUT2D eigenvalue weighted by molar-refractivity contribution is 7.92. The number of sulfonamides is 2. The molecular weight excluding hydrogens is 1230 g/mol. The number of hydrogen-bond donors (Lipinski definition) is 4. The molecule has 456 valence electrons. The average molecular weight is 1300 g/mol. The molecule has 6 aliphatic heterocycles. The van der Waals surface area contributed by atoms with Crippen LogP contribution in [-0.4, -0.2) is 146 Å². The lowest BCUT2D eigenvalue weighted by atomic mass is 9.98. The largest absolute Gasteiger partial charge is 0.356 e. The number of aromatic nitrogens is 6. The van der Waals surface area contributed by atoms with E-state index in [1.165, 1.54) is 60.4 Å². The van der Waals surface area contributed by atoms with Gasteiger partial charge in [-0.2, -0.15) is 25.2 Å². The molecule has 0 radical (unpaired) electrons. The van der Waals surface area contributed by atoms with E-state index in [0.29, 0.717) is 58.2 Å². The van der Waals surface area contributed by atoms with Gasteiger partial charge < -0.3 is 30.2 Å². The van der Waals surface area contributed by atoms with Gasteiger partial charge in [0.1, 0.15) is 21.9 Å². The van der Waals surface area contributed by atoms with E-state index in [1.54, 1.807) is 21.9 Å². The number of halogens is 5. The molecule has 4 atom stereocenters. The van der Waals surface area contributed by atoms with Gasteiger partial charge in [-0.3, -0.25) is 19.0 Å². The molecule has 4 aromatic heterocycles. The Kier molecular flexibility index (Phi) is 22.3. The quantitative estimate of drug-likeness (QED) is 0.0930. The van der Waals surface area contributed by atoms with E-state index in [0.717, 1.165) is 127 Å². The molecule has 2 unspecified atom stereocenters. The summed E-state index contributed by atoms with van der Waals surface area (Å²) in [7, 11) is -7.19. The van der Waals surface area contributed by atoms with Gasteiger partial charge in [0, 0.05) is 80.1 Å². The second-order valence-electron chi connectivity index (χ2n) is 21.7. The Bertz CT molecular complexity index is 3670. The predicted molar refractivity (Wildman–Crippen MR) is 334 cm³/mol. The van der Waals surface area contributed by atoms with Crippen LogP contribution >= 0.6 is 58.8 Å². The van der Waals surface area contributed by atoms with Crippen LogP contribution in [0.15, 0.2) is 60.7 Å². The summed E-state index contributed by atoms with van der Waals surface area (Å²) in [6, 6.07) is 20.4. The lowest BCUT2D eigenvalue weighted by Crippen LogP contribution is -2.39. The van der Waals surface area contributed by atoms with Gasteiger partial charge in [0.2, 0.25) is 20.0 Å². The number of likely N-dealkylation sites (tertiary alicyclic amines) is 2. The smallest absolute Gasteiger partial charge is 0.256 e. The van der Waals surface area contributed by atoms with Crippen LogP contribution in [0.1, 0.15) is 121 Å². The second kappa shape index (κ2) is 29.2. The molecule has 2 aromatic carbocycles. The number of hydrogen-bond acceptors (Lipinski definition) is 16. The van der Waals surface area contributed by atoms with E-state index in [2.05, 4.69) is 58.2 Å². The van der Waals surface area contributed by atoms with Gasteiger partial charge in [-0.15, -0.1) is 12.4 Å².